The van der Waals surface area contributed by atoms with E-state index in [0.717, 1.165) is 41.1 Å². The molecule has 0 saturated heterocycles. The average Bonchev–Trinajstić information content (AvgIpc) is 2.77. The first-order chi connectivity index (χ1) is 15.3. The molecule has 3 rings (SSSR count). The molecule has 0 heterocycles. The van der Waals surface area contributed by atoms with E-state index in [1.165, 1.54) is 12.1 Å². The van der Waals surface area contributed by atoms with E-state index in [4.69, 9.17) is 4.74 Å². The number of halogens is 5. The molecule has 0 fully saturated rings. The highest BCUT2D eigenvalue weighted by atomic mass is 32.2. The van der Waals surface area contributed by atoms with Crippen molar-refractivity contribution in [1.29, 1.82) is 0 Å². The summed E-state index contributed by atoms with van der Waals surface area (Å²) in [5.74, 6) is 0.711. The van der Waals surface area contributed by atoms with Crippen LogP contribution >= 0.6 is 11.8 Å². The van der Waals surface area contributed by atoms with E-state index >= 15 is 0 Å². The third-order valence-corrected chi connectivity index (χ3v) is 5.89. The Morgan fingerprint density at radius 2 is 1.50 bits per heavy atom. The minimum absolute atomic E-state index is 0.410. The summed E-state index contributed by atoms with van der Waals surface area (Å²) in [4.78, 5) is 0.505. The van der Waals surface area contributed by atoms with Crippen LogP contribution in [0.3, 0.4) is 0 Å². The maximum Gasteiger partial charge on any atom is 0.416 e. The van der Waals surface area contributed by atoms with E-state index in [0.29, 0.717) is 30.1 Å². The number of benzene rings is 3. The van der Waals surface area contributed by atoms with Crippen molar-refractivity contribution in [3.8, 4) is 5.75 Å². The third-order valence-electron chi connectivity index (χ3n) is 4.67. The van der Waals surface area contributed by atoms with E-state index in [-0.39, 0.29) is 0 Å². The molecule has 7 heteroatoms. The van der Waals surface area contributed by atoms with Crippen LogP contribution in [-0.2, 0) is 19.2 Å². The molecular formula is C25H21F5OS. The molecule has 3 aromatic rings. The van der Waals surface area contributed by atoms with Gasteiger partial charge in [-0.25, -0.2) is 0 Å². The van der Waals surface area contributed by atoms with Crippen LogP contribution < -0.4 is 4.74 Å². The van der Waals surface area contributed by atoms with E-state index < -0.39 is 23.1 Å². The highest BCUT2D eigenvalue weighted by Crippen LogP contribution is 2.33. The van der Waals surface area contributed by atoms with Gasteiger partial charge in [-0.05, 0) is 66.4 Å². The summed E-state index contributed by atoms with van der Waals surface area (Å²) in [6.07, 6.45) is -4.43. The van der Waals surface area contributed by atoms with E-state index in [1.807, 2.05) is 54.6 Å². The Kier molecular flexibility index (Phi) is 8.33. The number of rotatable bonds is 9. The molecule has 0 aliphatic rings. The normalized spacial score (nSPS) is 12.3. The zero-order valence-electron chi connectivity index (χ0n) is 17.0. The van der Waals surface area contributed by atoms with Crippen molar-refractivity contribution in [2.75, 3.05) is 0 Å². The summed E-state index contributed by atoms with van der Waals surface area (Å²) in [6, 6.07) is 21.7. The SMILES string of the molecule is FC(F)=C[C@@H](CCc1ccc(OCc2ccccc2)cc1)Sc1ccc(C(F)(F)F)cc1. The minimum atomic E-state index is -4.43. The molecule has 0 radical (unpaired) electrons. The molecule has 0 saturated carbocycles. The first-order valence-electron chi connectivity index (χ1n) is 9.92. The first-order valence-corrected chi connectivity index (χ1v) is 10.8. The van der Waals surface area contributed by atoms with E-state index in [1.54, 1.807) is 0 Å². The first kappa shape index (κ1) is 23.9. The Balaban J connectivity index is 1.56. The standard InChI is InChI=1S/C25H21F5OS/c26-24(27)16-23(32-22-14-9-20(10-15-22)25(28,29)30)13-8-18-6-11-21(12-7-18)31-17-19-4-2-1-3-5-19/h1-7,9-12,14-16,23H,8,13,17H2/t23-/m1/s1. The largest absolute Gasteiger partial charge is 0.489 e. The number of ether oxygens (including phenoxy) is 1. The molecule has 1 atom stereocenters. The van der Waals surface area contributed by atoms with Crippen molar-refractivity contribution in [2.24, 2.45) is 0 Å². The van der Waals surface area contributed by atoms with Gasteiger partial charge in [0, 0.05) is 10.1 Å². The molecule has 0 aliphatic heterocycles. The monoisotopic (exact) mass is 464 g/mol. The van der Waals surface area contributed by atoms with Crippen molar-refractivity contribution < 1.29 is 26.7 Å². The van der Waals surface area contributed by atoms with Crippen LogP contribution in [0, 0.1) is 0 Å². The molecule has 0 N–H and O–H groups in total. The summed E-state index contributed by atoms with van der Waals surface area (Å²) in [7, 11) is 0. The van der Waals surface area contributed by atoms with Crippen molar-refractivity contribution in [3.63, 3.8) is 0 Å². The smallest absolute Gasteiger partial charge is 0.416 e. The van der Waals surface area contributed by atoms with Crippen LogP contribution in [0.4, 0.5) is 22.0 Å². The highest BCUT2D eigenvalue weighted by molar-refractivity contribution is 8.00. The molecule has 168 valence electrons. The van der Waals surface area contributed by atoms with Gasteiger partial charge in [0.25, 0.3) is 6.08 Å². The Labute approximate surface area is 187 Å². The number of hydrogen-bond donors (Lipinski definition) is 0. The van der Waals surface area contributed by atoms with Crippen LogP contribution in [0.15, 0.2) is 95.9 Å². The van der Waals surface area contributed by atoms with Gasteiger partial charge in [-0.15, -0.1) is 11.8 Å². The number of hydrogen-bond acceptors (Lipinski definition) is 2. The van der Waals surface area contributed by atoms with Crippen molar-refractivity contribution in [2.45, 2.75) is 35.8 Å². The number of alkyl halides is 3. The lowest BCUT2D eigenvalue weighted by Gasteiger charge is -2.14. The molecule has 32 heavy (non-hydrogen) atoms. The average molecular weight is 464 g/mol. The molecule has 0 unspecified atom stereocenters. The highest BCUT2D eigenvalue weighted by Gasteiger charge is 2.30. The third kappa shape index (κ3) is 7.71. The summed E-state index contributed by atoms with van der Waals surface area (Å²) in [5, 5.41) is -0.564. The van der Waals surface area contributed by atoms with Gasteiger partial charge in [-0.3, -0.25) is 0 Å². The molecule has 3 aromatic carbocycles. The fourth-order valence-corrected chi connectivity index (χ4v) is 4.07. The second kappa shape index (κ2) is 11.2. The van der Waals surface area contributed by atoms with E-state index in [9.17, 15) is 22.0 Å². The van der Waals surface area contributed by atoms with Gasteiger partial charge >= 0.3 is 6.18 Å². The summed E-state index contributed by atoms with van der Waals surface area (Å²) in [6.45, 7) is 0.451. The number of thioether (sulfide) groups is 1. The van der Waals surface area contributed by atoms with Crippen LogP contribution in [-0.4, -0.2) is 5.25 Å². The molecule has 0 spiro atoms. The lowest BCUT2D eigenvalue weighted by Crippen LogP contribution is -2.05. The van der Waals surface area contributed by atoms with Crippen LogP contribution in [0.1, 0.15) is 23.1 Å². The Morgan fingerprint density at radius 1 is 0.844 bits per heavy atom. The van der Waals surface area contributed by atoms with Crippen LogP contribution in [0.5, 0.6) is 5.75 Å². The van der Waals surface area contributed by atoms with Gasteiger partial charge in [-0.2, -0.15) is 22.0 Å². The predicted molar refractivity (Wildman–Crippen MR) is 117 cm³/mol. The molecule has 1 nitrogen and oxygen atoms in total. The summed E-state index contributed by atoms with van der Waals surface area (Å²) in [5.41, 5.74) is 1.25. The Morgan fingerprint density at radius 3 is 2.09 bits per heavy atom. The van der Waals surface area contributed by atoms with Gasteiger partial charge in [0.2, 0.25) is 0 Å². The maximum absolute atomic E-state index is 12.9. The van der Waals surface area contributed by atoms with Gasteiger partial charge in [0.05, 0.1) is 5.56 Å². The molecule has 0 bridgehead atoms. The predicted octanol–water partition coefficient (Wildman–Crippen LogP) is 8.16. The zero-order chi connectivity index (χ0) is 23.0. The quantitative estimate of drug-likeness (QED) is 0.233. The second-order valence-electron chi connectivity index (χ2n) is 7.09. The van der Waals surface area contributed by atoms with Gasteiger partial charge < -0.3 is 4.74 Å². The zero-order valence-corrected chi connectivity index (χ0v) is 17.8. The van der Waals surface area contributed by atoms with Gasteiger partial charge in [-0.1, -0.05) is 42.5 Å². The molecule has 0 aliphatic carbocycles. The van der Waals surface area contributed by atoms with Crippen molar-refractivity contribution in [1.82, 2.24) is 0 Å². The summed E-state index contributed by atoms with van der Waals surface area (Å²) >= 11 is 1.12. The lowest BCUT2D eigenvalue weighted by molar-refractivity contribution is -0.137. The van der Waals surface area contributed by atoms with Crippen molar-refractivity contribution >= 4 is 11.8 Å². The van der Waals surface area contributed by atoms with Crippen LogP contribution in [0.25, 0.3) is 0 Å². The van der Waals surface area contributed by atoms with Crippen LogP contribution in [0.2, 0.25) is 0 Å². The van der Waals surface area contributed by atoms with Gasteiger partial charge in [0.1, 0.15) is 12.4 Å². The Bertz CT molecular complexity index is 995. The topological polar surface area (TPSA) is 9.23 Å². The van der Waals surface area contributed by atoms with Crippen molar-refractivity contribution in [3.05, 3.63) is 108 Å². The second-order valence-corrected chi connectivity index (χ2v) is 8.40. The maximum atomic E-state index is 12.9. The fraction of sp³-hybridized carbons (Fsp3) is 0.200. The molecule has 0 amide bonds. The lowest BCUT2D eigenvalue weighted by atomic mass is 10.1. The Hall–Kier alpha value is -2.80. The summed E-state index contributed by atoms with van der Waals surface area (Å²) < 4.78 is 69.6. The minimum Gasteiger partial charge on any atom is -0.489 e. The fourth-order valence-electron chi connectivity index (χ4n) is 3.02. The molecular weight excluding hydrogens is 443 g/mol. The molecule has 0 aromatic heterocycles. The number of aryl methyl sites for hydroxylation is 1. The van der Waals surface area contributed by atoms with Gasteiger partial charge in [0.15, 0.2) is 0 Å². The van der Waals surface area contributed by atoms with E-state index in [2.05, 4.69) is 0 Å².